The first-order valence-electron chi connectivity index (χ1n) is 8.35. The maximum absolute atomic E-state index is 14.1. The molecule has 1 saturated carbocycles. The molecule has 2 atom stereocenters. The van der Waals surface area contributed by atoms with Crippen molar-refractivity contribution in [3.05, 3.63) is 29.6 Å². The van der Waals surface area contributed by atoms with Crippen LogP contribution in [-0.2, 0) is 4.79 Å². The third kappa shape index (κ3) is 5.50. The van der Waals surface area contributed by atoms with Crippen LogP contribution in [0.3, 0.4) is 0 Å². The number of nitrogens with two attached hydrogens (primary N) is 1. The van der Waals surface area contributed by atoms with E-state index in [-0.39, 0.29) is 17.7 Å². The van der Waals surface area contributed by atoms with Crippen molar-refractivity contribution in [1.29, 1.82) is 0 Å². The Hall–Kier alpha value is -1.62. The molecular weight excluding hydrogens is 295 g/mol. The lowest BCUT2D eigenvalue weighted by atomic mass is 10.0. The molecule has 1 aromatic carbocycles. The van der Waals surface area contributed by atoms with E-state index in [1.165, 1.54) is 18.9 Å². The summed E-state index contributed by atoms with van der Waals surface area (Å²) in [6, 6.07) is 3.99. The Kier molecular flexibility index (Phi) is 5.99. The molecule has 1 aliphatic rings. The van der Waals surface area contributed by atoms with E-state index in [1.54, 1.807) is 12.1 Å². The summed E-state index contributed by atoms with van der Waals surface area (Å²) in [5, 5.41) is 2.84. The average Bonchev–Trinajstić information content (AvgIpc) is 3.29. The van der Waals surface area contributed by atoms with E-state index in [1.807, 2.05) is 20.8 Å². The third-order valence-corrected chi connectivity index (χ3v) is 4.05. The monoisotopic (exact) mass is 322 g/mol. The van der Waals surface area contributed by atoms with E-state index in [0.717, 1.165) is 0 Å². The van der Waals surface area contributed by atoms with Gasteiger partial charge in [0.05, 0.1) is 18.7 Å². The largest absolute Gasteiger partial charge is 0.490 e. The minimum Gasteiger partial charge on any atom is -0.490 e. The second kappa shape index (κ2) is 7.77. The summed E-state index contributed by atoms with van der Waals surface area (Å²) in [5.74, 6) is 0.605. The zero-order chi connectivity index (χ0) is 17.0. The Morgan fingerprint density at radius 1 is 1.39 bits per heavy atom. The van der Waals surface area contributed by atoms with Crippen molar-refractivity contribution in [2.75, 3.05) is 6.61 Å². The zero-order valence-electron chi connectivity index (χ0n) is 14.1. The van der Waals surface area contributed by atoms with Gasteiger partial charge >= 0.3 is 0 Å². The van der Waals surface area contributed by atoms with Crippen LogP contribution >= 0.6 is 0 Å². The molecule has 1 unspecified atom stereocenters. The van der Waals surface area contributed by atoms with Gasteiger partial charge < -0.3 is 15.8 Å². The van der Waals surface area contributed by atoms with Crippen molar-refractivity contribution in [3.63, 3.8) is 0 Å². The first kappa shape index (κ1) is 17.7. The highest BCUT2D eigenvalue weighted by Crippen LogP contribution is 2.30. The van der Waals surface area contributed by atoms with E-state index in [4.69, 9.17) is 10.5 Å². The van der Waals surface area contributed by atoms with E-state index < -0.39 is 11.9 Å². The molecule has 1 amide bonds. The minimum atomic E-state index is -0.538. The van der Waals surface area contributed by atoms with Crippen molar-refractivity contribution in [3.8, 4) is 5.75 Å². The van der Waals surface area contributed by atoms with Gasteiger partial charge in [0.2, 0.25) is 5.91 Å². The molecule has 5 heteroatoms. The lowest BCUT2D eigenvalue weighted by molar-refractivity contribution is -0.123. The van der Waals surface area contributed by atoms with Gasteiger partial charge in [0, 0.05) is 0 Å². The highest BCUT2D eigenvalue weighted by molar-refractivity contribution is 5.81. The molecule has 23 heavy (non-hydrogen) atoms. The van der Waals surface area contributed by atoms with Crippen molar-refractivity contribution in [2.45, 2.75) is 52.1 Å². The molecule has 0 aromatic heterocycles. The Balaban J connectivity index is 1.91. The first-order valence-corrected chi connectivity index (χ1v) is 8.35. The molecule has 0 heterocycles. The molecule has 1 aromatic rings. The Morgan fingerprint density at radius 3 is 2.65 bits per heavy atom. The molecule has 0 aliphatic heterocycles. The van der Waals surface area contributed by atoms with Crippen LogP contribution in [0.1, 0.15) is 51.6 Å². The Morgan fingerprint density at radius 2 is 2.09 bits per heavy atom. The lowest BCUT2D eigenvalue weighted by Crippen LogP contribution is -2.42. The van der Waals surface area contributed by atoms with Crippen molar-refractivity contribution in [2.24, 2.45) is 17.6 Å². The summed E-state index contributed by atoms with van der Waals surface area (Å²) in [5.41, 5.74) is 6.57. The van der Waals surface area contributed by atoms with Crippen LogP contribution in [0.15, 0.2) is 18.2 Å². The van der Waals surface area contributed by atoms with Gasteiger partial charge in [-0.3, -0.25) is 4.79 Å². The summed E-state index contributed by atoms with van der Waals surface area (Å²) >= 11 is 0. The molecule has 3 N–H and O–H groups in total. The van der Waals surface area contributed by atoms with E-state index in [2.05, 4.69) is 5.32 Å². The fourth-order valence-corrected chi connectivity index (χ4v) is 2.41. The van der Waals surface area contributed by atoms with Crippen molar-refractivity contribution in [1.82, 2.24) is 5.32 Å². The Bertz CT molecular complexity index is 544. The predicted molar refractivity (Wildman–Crippen MR) is 88.6 cm³/mol. The van der Waals surface area contributed by atoms with Gasteiger partial charge in [-0.05, 0) is 55.7 Å². The van der Waals surface area contributed by atoms with Crippen molar-refractivity contribution >= 4 is 5.91 Å². The first-order chi connectivity index (χ1) is 10.9. The van der Waals surface area contributed by atoms with Gasteiger partial charge in [-0.1, -0.05) is 19.9 Å². The number of amides is 1. The fourth-order valence-electron chi connectivity index (χ4n) is 2.41. The number of carbonyl (C=O) groups excluding carboxylic acids is 1. The summed E-state index contributed by atoms with van der Waals surface area (Å²) in [6.45, 7) is 6.44. The van der Waals surface area contributed by atoms with Gasteiger partial charge in [-0.2, -0.15) is 0 Å². The smallest absolute Gasteiger partial charge is 0.237 e. The maximum Gasteiger partial charge on any atom is 0.237 e. The molecular formula is C18H27FN2O2. The minimum absolute atomic E-state index is 0.208. The zero-order valence-corrected chi connectivity index (χ0v) is 14.1. The van der Waals surface area contributed by atoms with Gasteiger partial charge in [0.25, 0.3) is 0 Å². The molecule has 2 rings (SSSR count). The maximum atomic E-state index is 14.1. The number of nitrogens with one attached hydrogen (secondary N) is 1. The van der Waals surface area contributed by atoms with Crippen LogP contribution < -0.4 is 15.8 Å². The number of benzene rings is 1. The van der Waals surface area contributed by atoms with Gasteiger partial charge in [0.1, 0.15) is 0 Å². The molecule has 128 valence electrons. The molecule has 1 fully saturated rings. The van der Waals surface area contributed by atoms with Gasteiger partial charge in [-0.15, -0.1) is 0 Å². The highest BCUT2D eigenvalue weighted by atomic mass is 19.1. The van der Waals surface area contributed by atoms with Crippen LogP contribution in [0.5, 0.6) is 5.75 Å². The van der Waals surface area contributed by atoms with Crippen LogP contribution in [-0.4, -0.2) is 18.6 Å². The van der Waals surface area contributed by atoms with Gasteiger partial charge in [0.15, 0.2) is 11.6 Å². The number of halogens is 1. The molecule has 0 radical (unpaired) electrons. The second-order valence-corrected chi connectivity index (χ2v) is 6.91. The van der Waals surface area contributed by atoms with Gasteiger partial charge in [-0.25, -0.2) is 4.39 Å². The quantitative estimate of drug-likeness (QED) is 0.772. The standard InChI is InChI=1S/C18H27FN2O2/c1-11(2)8-16(20)18(22)21-12(3)14-6-7-17(15(19)9-14)23-10-13-4-5-13/h6-7,9,11-13,16H,4-5,8,10,20H2,1-3H3,(H,21,22)/t12?,16-/m0/s1. The number of hydrogen-bond donors (Lipinski definition) is 2. The summed E-state index contributed by atoms with van der Waals surface area (Å²) in [4.78, 5) is 12.0. The SMILES string of the molecule is CC(C)C[C@H](N)C(=O)NC(C)c1ccc(OCC2CC2)c(F)c1. The van der Waals surface area contributed by atoms with Crippen LogP contribution in [0.25, 0.3) is 0 Å². The number of carbonyl (C=O) groups is 1. The number of hydrogen-bond acceptors (Lipinski definition) is 3. The molecule has 0 bridgehead atoms. The van der Waals surface area contributed by atoms with E-state index in [9.17, 15) is 9.18 Å². The second-order valence-electron chi connectivity index (χ2n) is 6.91. The predicted octanol–water partition coefficient (Wildman–Crippen LogP) is 3.17. The van der Waals surface area contributed by atoms with Crippen molar-refractivity contribution < 1.29 is 13.9 Å². The lowest BCUT2D eigenvalue weighted by Gasteiger charge is -2.19. The van der Waals surface area contributed by atoms with E-state index in [0.29, 0.717) is 30.4 Å². The number of ether oxygens (including phenoxy) is 1. The van der Waals surface area contributed by atoms with Crippen LogP contribution in [0.2, 0.25) is 0 Å². The van der Waals surface area contributed by atoms with Crippen LogP contribution in [0, 0.1) is 17.7 Å². The average molecular weight is 322 g/mol. The van der Waals surface area contributed by atoms with Crippen LogP contribution in [0.4, 0.5) is 4.39 Å². The summed E-state index contributed by atoms with van der Waals surface area (Å²) in [7, 11) is 0. The fraction of sp³-hybridized carbons (Fsp3) is 0.611. The molecule has 4 nitrogen and oxygen atoms in total. The number of rotatable bonds is 8. The third-order valence-electron chi connectivity index (χ3n) is 4.05. The van der Waals surface area contributed by atoms with E-state index >= 15 is 0 Å². The Labute approximate surface area is 137 Å². The summed E-state index contributed by atoms with van der Waals surface area (Å²) in [6.07, 6.45) is 2.96. The molecule has 0 spiro atoms. The highest BCUT2D eigenvalue weighted by Gasteiger charge is 2.23. The normalized spacial score (nSPS) is 17.0. The molecule has 1 aliphatic carbocycles. The topological polar surface area (TPSA) is 64.4 Å². The molecule has 0 saturated heterocycles. The summed E-state index contributed by atoms with van der Waals surface area (Å²) < 4.78 is 19.6.